The van der Waals surface area contributed by atoms with Crippen LogP contribution in [0.4, 0.5) is 5.69 Å². The van der Waals surface area contributed by atoms with Crippen LogP contribution in [0.25, 0.3) is 0 Å². The molecule has 142 valence electrons. The molecule has 1 aliphatic carbocycles. The van der Waals surface area contributed by atoms with E-state index >= 15 is 0 Å². The summed E-state index contributed by atoms with van der Waals surface area (Å²) in [5.74, 6) is 1.05. The van der Waals surface area contributed by atoms with Crippen molar-refractivity contribution in [1.29, 1.82) is 0 Å². The van der Waals surface area contributed by atoms with Crippen LogP contribution in [0.1, 0.15) is 59.9 Å². The average Bonchev–Trinajstić information content (AvgIpc) is 3.35. The van der Waals surface area contributed by atoms with Gasteiger partial charge in [0.1, 0.15) is 5.82 Å². The molecule has 1 saturated heterocycles. The lowest BCUT2D eigenvalue weighted by Crippen LogP contribution is -2.30. The van der Waals surface area contributed by atoms with E-state index in [1.54, 1.807) is 30.5 Å². The van der Waals surface area contributed by atoms with Gasteiger partial charge in [-0.3, -0.25) is 9.69 Å². The van der Waals surface area contributed by atoms with E-state index in [1.807, 2.05) is 6.92 Å². The number of rotatable bonds is 4. The highest BCUT2D eigenvalue weighted by molar-refractivity contribution is 6.30. The third-order valence-electron chi connectivity index (χ3n) is 5.77. The van der Waals surface area contributed by atoms with Crippen molar-refractivity contribution < 1.29 is 4.79 Å². The highest BCUT2D eigenvalue weighted by atomic mass is 35.5. The Kier molecular flexibility index (Phi) is 5.41. The minimum Gasteiger partial charge on any atom is -0.322 e. The molecule has 1 atom stereocenters. The van der Waals surface area contributed by atoms with Gasteiger partial charge < -0.3 is 5.32 Å². The Morgan fingerprint density at radius 2 is 1.93 bits per heavy atom. The van der Waals surface area contributed by atoms with Gasteiger partial charge in [0.05, 0.1) is 11.3 Å². The van der Waals surface area contributed by atoms with Crippen LogP contribution in [-0.4, -0.2) is 39.9 Å². The maximum atomic E-state index is 12.5. The van der Waals surface area contributed by atoms with E-state index in [4.69, 9.17) is 11.6 Å². The topological polar surface area (TPSA) is 58.1 Å². The summed E-state index contributed by atoms with van der Waals surface area (Å²) >= 11 is 5.89. The Hall–Kier alpha value is -1.98. The Labute approximate surface area is 165 Å². The maximum absolute atomic E-state index is 12.5. The van der Waals surface area contributed by atoms with Crippen LogP contribution in [-0.2, 0) is 0 Å². The van der Waals surface area contributed by atoms with Crippen molar-refractivity contribution in [2.24, 2.45) is 0 Å². The molecule has 2 aliphatic rings. The van der Waals surface area contributed by atoms with Gasteiger partial charge in [0, 0.05) is 35.4 Å². The summed E-state index contributed by atoms with van der Waals surface area (Å²) in [6.07, 6.45) is 8.15. The van der Waals surface area contributed by atoms with Crippen molar-refractivity contribution >= 4 is 23.2 Å². The molecule has 2 fully saturated rings. The first-order chi connectivity index (χ1) is 13.1. The number of carbonyl (C=O) groups excluding carboxylic acids is 1. The maximum Gasteiger partial charge on any atom is 0.259 e. The van der Waals surface area contributed by atoms with Crippen LogP contribution in [0.3, 0.4) is 0 Å². The van der Waals surface area contributed by atoms with Crippen LogP contribution >= 0.6 is 11.6 Å². The van der Waals surface area contributed by atoms with Gasteiger partial charge in [0.2, 0.25) is 0 Å². The van der Waals surface area contributed by atoms with Crippen molar-refractivity contribution in [1.82, 2.24) is 14.9 Å². The number of amides is 1. The molecule has 6 heteroatoms. The summed E-state index contributed by atoms with van der Waals surface area (Å²) in [4.78, 5) is 24.4. The Morgan fingerprint density at radius 3 is 2.63 bits per heavy atom. The van der Waals surface area contributed by atoms with Crippen LogP contribution in [0.2, 0.25) is 5.02 Å². The molecule has 2 heterocycles. The number of aromatic nitrogens is 2. The quantitative estimate of drug-likeness (QED) is 0.847. The van der Waals surface area contributed by atoms with Gasteiger partial charge in [0.25, 0.3) is 5.91 Å². The van der Waals surface area contributed by atoms with Gasteiger partial charge in [-0.2, -0.15) is 0 Å². The number of nitrogens with one attached hydrogen (secondary N) is 1. The van der Waals surface area contributed by atoms with Crippen molar-refractivity contribution in [2.75, 3.05) is 18.4 Å². The number of likely N-dealkylation sites (tertiary alicyclic amines) is 1. The zero-order valence-electron chi connectivity index (χ0n) is 15.6. The highest BCUT2D eigenvalue weighted by Gasteiger charge is 2.32. The zero-order chi connectivity index (χ0) is 18.8. The number of aryl methyl sites for hydroxylation is 1. The SMILES string of the molecule is Cc1nc([C@@H]2CCN(C3CCCC3)C2)ncc1C(=O)Nc1ccc(Cl)cc1. The Balaban J connectivity index is 1.43. The van der Waals surface area contributed by atoms with Crippen LogP contribution in [0.15, 0.2) is 30.5 Å². The number of hydrogen-bond donors (Lipinski definition) is 1. The summed E-state index contributed by atoms with van der Waals surface area (Å²) in [6, 6.07) is 7.81. The molecule has 0 bridgehead atoms. The molecule has 2 aromatic rings. The Bertz CT molecular complexity index is 817. The molecule has 1 amide bonds. The molecular formula is C21H25ClN4O. The summed E-state index contributed by atoms with van der Waals surface area (Å²) in [7, 11) is 0. The summed E-state index contributed by atoms with van der Waals surface area (Å²) < 4.78 is 0. The molecule has 0 spiro atoms. The van der Waals surface area contributed by atoms with E-state index in [1.165, 1.54) is 25.7 Å². The fourth-order valence-electron chi connectivity index (χ4n) is 4.24. The van der Waals surface area contributed by atoms with E-state index in [0.29, 0.717) is 22.2 Å². The van der Waals surface area contributed by atoms with Crippen molar-refractivity contribution in [3.63, 3.8) is 0 Å². The number of hydrogen-bond acceptors (Lipinski definition) is 4. The zero-order valence-corrected chi connectivity index (χ0v) is 16.4. The second-order valence-corrected chi connectivity index (χ2v) is 8.04. The van der Waals surface area contributed by atoms with Crippen LogP contribution in [0, 0.1) is 6.92 Å². The van der Waals surface area contributed by atoms with E-state index in [0.717, 1.165) is 37.1 Å². The lowest BCUT2D eigenvalue weighted by molar-refractivity contribution is 0.102. The molecule has 4 rings (SSSR count). The first-order valence-corrected chi connectivity index (χ1v) is 10.1. The average molecular weight is 385 g/mol. The lowest BCUT2D eigenvalue weighted by atomic mass is 10.1. The van der Waals surface area contributed by atoms with Gasteiger partial charge in [0.15, 0.2) is 0 Å². The predicted molar refractivity (Wildman–Crippen MR) is 107 cm³/mol. The molecule has 0 unspecified atom stereocenters. The smallest absolute Gasteiger partial charge is 0.259 e. The molecule has 1 aromatic carbocycles. The van der Waals surface area contributed by atoms with E-state index < -0.39 is 0 Å². The largest absolute Gasteiger partial charge is 0.322 e. The van der Waals surface area contributed by atoms with E-state index in [9.17, 15) is 4.79 Å². The van der Waals surface area contributed by atoms with Crippen LogP contribution < -0.4 is 5.32 Å². The normalized spacial score (nSPS) is 20.9. The van der Waals surface area contributed by atoms with Gasteiger partial charge in [-0.15, -0.1) is 0 Å². The third kappa shape index (κ3) is 4.14. The summed E-state index contributed by atoms with van der Waals surface area (Å²) in [5.41, 5.74) is 1.95. The Morgan fingerprint density at radius 1 is 1.19 bits per heavy atom. The van der Waals surface area contributed by atoms with E-state index in [-0.39, 0.29) is 5.91 Å². The lowest BCUT2D eigenvalue weighted by Gasteiger charge is -2.23. The predicted octanol–water partition coefficient (Wildman–Crippen LogP) is 4.42. The number of nitrogens with zero attached hydrogens (tertiary/aromatic N) is 3. The molecule has 1 N–H and O–H groups in total. The molecule has 27 heavy (non-hydrogen) atoms. The third-order valence-corrected chi connectivity index (χ3v) is 6.02. The first kappa shape index (κ1) is 18.4. The number of anilines is 1. The number of halogens is 1. The minimum absolute atomic E-state index is 0.194. The molecular weight excluding hydrogens is 360 g/mol. The highest BCUT2D eigenvalue weighted by Crippen LogP contribution is 2.32. The molecule has 0 radical (unpaired) electrons. The molecule has 1 aromatic heterocycles. The monoisotopic (exact) mass is 384 g/mol. The summed E-state index contributed by atoms with van der Waals surface area (Å²) in [5, 5.41) is 3.51. The van der Waals surface area contributed by atoms with Crippen LogP contribution in [0.5, 0.6) is 0 Å². The van der Waals surface area contributed by atoms with Crippen molar-refractivity contribution in [3.05, 3.63) is 52.6 Å². The van der Waals surface area contributed by atoms with E-state index in [2.05, 4.69) is 20.2 Å². The van der Waals surface area contributed by atoms with Crippen molar-refractivity contribution in [3.8, 4) is 0 Å². The molecule has 5 nitrogen and oxygen atoms in total. The number of carbonyl (C=O) groups is 1. The standard InChI is InChI=1S/C21H25ClN4O/c1-14-19(21(27)25-17-8-6-16(22)7-9-17)12-23-20(24-14)15-10-11-26(13-15)18-4-2-3-5-18/h6-9,12,15,18H,2-5,10-11,13H2,1H3,(H,25,27)/t15-/m1/s1. The van der Waals surface area contributed by atoms with Gasteiger partial charge >= 0.3 is 0 Å². The van der Waals surface area contributed by atoms with Crippen molar-refractivity contribution in [2.45, 2.75) is 51.0 Å². The first-order valence-electron chi connectivity index (χ1n) is 9.74. The fraction of sp³-hybridized carbons (Fsp3) is 0.476. The second kappa shape index (κ2) is 7.95. The summed E-state index contributed by atoms with van der Waals surface area (Å²) in [6.45, 7) is 4.06. The minimum atomic E-state index is -0.194. The second-order valence-electron chi connectivity index (χ2n) is 7.61. The fourth-order valence-corrected chi connectivity index (χ4v) is 4.36. The van der Waals surface area contributed by atoms with Gasteiger partial charge in [-0.05, 0) is 57.0 Å². The van der Waals surface area contributed by atoms with Gasteiger partial charge in [-0.25, -0.2) is 9.97 Å². The van der Waals surface area contributed by atoms with Gasteiger partial charge in [-0.1, -0.05) is 24.4 Å². The molecule has 1 aliphatic heterocycles. The molecule has 1 saturated carbocycles. The number of benzene rings is 1.